The van der Waals surface area contributed by atoms with Gasteiger partial charge in [-0.05, 0) is 32.1 Å². The second-order valence-electron chi connectivity index (χ2n) is 4.67. The highest BCUT2D eigenvalue weighted by Gasteiger charge is 2.37. The lowest BCUT2D eigenvalue weighted by Crippen LogP contribution is -2.50. The molecule has 0 bridgehead atoms. The highest BCUT2D eigenvalue weighted by atomic mass is 32.2. The van der Waals surface area contributed by atoms with Crippen molar-refractivity contribution in [2.24, 2.45) is 0 Å². The number of carbonyl (C=O) groups excluding carboxylic acids is 1. The van der Waals surface area contributed by atoms with E-state index in [2.05, 4.69) is 5.32 Å². The third kappa shape index (κ3) is 2.38. The van der Waals surface area contributed by atoms with Crippen LogP contribution in [0.15, 0.2) is 0 Å². The van der Waals surface area contributed by atoms with Gasteiger partial charge in [0, 0.05) is 12.6 Å². The zero-order chi connectivity index (χ0) is 11.8. The number of carbonyl (C=O) groups is 1. The molecule has 1 saturated heterocycles. The Bertz CT molecular complexity index is 376. The molecule has 0 aromatic rings. The smallest absolute Gasteiger partial charge is 0.238 e. The lowest BCUT2D eigenvalue weighted by Gasteiger charge is -2.29. The normalized spacial score (nSPS) is 27.7. The van der Waals surface area contributed by atoms with Gasteiger partial charge in [0.1, 0.15) is 6.04 Å². The van der Waals surface area contributed by atoms with Crippen LogP contribution in [0.4, 0.5) is 0 Å². The molecule has 1 aliphatic heterocycles. The average Bonchev–Trinajstić information content (AvgIpc) is 2.58. The Morgan fingerprint density at radius 2 is 1.94 bits per heavy atom. The quantitative estimate of drug-likeness (QED) is 0.767. The molecule has 0 radical (unpaired) electrons. The molecule has 6 heteroatoms. The lowest BCUT2D eigenvalue weighted by atomic mass is 9.93. The fraction of sp³-hybridized carbons (Fsp3) is 0.900. The molecule has 0 aromatic carbocycles. The van der Waals surface area contributed by atoms with E-state index in [4.69, 9.17) is 0 Å². The number of nitrogens with zero attached hydrogens (tertiary/aromatic N) is 1. The summed E-state index contributed by atoms with van der Waals surface area (Å²) >= 11 is 0. The van der Waals surface area contributed by atoms with Crippen molar-refractivity contribution in [2.75, 3.05) is 12.8 Å². The van der Waals surface area contributed by atoms with Gasteiger partial charge in [0.15, 0.2) is 0 Å². The summed E-state index contributed by atoms with van der Waals surface area (Å²) in [6.07, 6.45) is 5.80. The fourth-order valence-corrected chi connectivity index (χ4v) is 3.37. The Morgan fingerprint density at radius 1 is 1.25 bits per heavy atom. The first kappa shape index (κ1) is 11.9. The molecule has 1 saturated carbocycles. The Balaban J connectivity index is 1.99. The maximum absolute atomic E-state index is 11.9. The van der Waals surface area contributed by atoms with Crippen LogP contribution in [-0.2, 0) is 14.8 Å². The monoisotopic (exact) mass is 246 g/mol. The maximum Gasteiger partial charge on any atom is 0.238 e. The van der Waals surface area contributed by atoms with E-state index in [1.165, 1.54) is 10.6 Å². The van der Waals surface area contributed by atoms with Crippen LogP contribution in [0, 0.1) is 0 Å². The number of amides is 1. The van der Waals surface area contributed by atoms with Crippen LogP contribution in [0.5, 0.6) is 0 Å². The van der Waals surface area contributed by atoms with E-state index in [0.717, 1.165) is 25.7 Å². The zero-order valence-corrected chi connectivity index (χ0v) is 10.3. The zero-order valence-electron chi connectivity index (χ0n) is 9.48. The summed E-state index contributed by atoms with van der Waals surface area (Å²) in [6, 6.07) is -0.204. The van der Waals surface area contributed by atoms with Crippen molar-refractivity contribution in [1.29, 1.82) is 0 Å². The molecule has 2 aliphatic rings. The van der Waals surface area contributed by atoms with E-state index in [0.29, 0.717) is 13.0 Å². The van der Waals surface area contributed by atoms with E-state index in [-0.39, 0.29) is 11.9 Å². The molecule has 2 fully saturated rings. The molecule has 1 atom stereocenters. The van der Waals surface area contributed by atoms with Crippen LogP contribution in [0.2, 0.25) is 0 Å². The number of nitrogens with one attached hydrogen (secondary N) is 1. The Morgan fingerprint density at radius 3 is 2.44 bits per heavy atom. The molecule has 1 heterocycles. The van der Waals surface area contributed by atoms with Gasteiger partial charge in [-0.1, -0.05) is 0 Å². The topological polar surface area (TPSA) is 66.5 Å². The Labute approximate surface area is 96.2 Å². The highest BCUT2D eigenvalue weighted by molar-refractivity contribution is 7.88. The van der Waals surface area contributed by atoms with Crippen LogP contribution in [0.3, 0.4) is 0 Å². The van der Waals surface area contributed by atoms with Crippen molar-refractivity contribution in [2.45, 2.75) is 44.2 Å². The first-order valence-corrected chi connectivity index (χ1v) is 7.60. The van der Waals surface area contributed by atoms with E-state index < -0.39 is 16.1 Å². The number of hydrogen-bond donors (Lipinski definition) is 1. The van der Waals surface area contributed by atoms with Gasteiger partial charge in [0.05, 0.1) is 6.26 Å². The first-order chi connectivity index (χ1) is 7.48. The molecule has 92 valence electrons. The minimum Gasteiger partial charge on any atom is -0.352 e. The maximum atomic E-state index is 11.9. The summed E-state index contributed by atoms with van der Waals surface area (Å²) in [5.41, 5.74) is 0. The van der Waals surface area contributed by atoms with E-state index >= 15 is 0 Å². The van der Waals surface area contributed by atoms with Crippen molar-refractivity contribution >= 4 is 15.9 Å². The van der Waals surface area contributed by atoms with Crippen molar-refractivity contribution in [1.82, 2.24) is 9.62 Å². The van der Waals surface area contributed by atoms with Gasteiger partial charge in [-0.3, -0.25) is 4.79 Å². The van der Waals surface area contributed by atoms with E-state index in [1.54, 1.807) is 0 Å². The molecule has 0 aromatic heterocycles. The molecule has 2 rings (SSSR count). The van der Waals surface area contributed by atoms with Gasteiger partial charge in [-0.2, -0.15) is 4.31 Å². The number of rotatable bonds is 3. The average molecular weight is 246 g/mol. The summed E-state index contributed by atoms with van der Waals surface area (Å²) in [5.74, 6) is -0.118. The third-order valence-electron chi connectivity index (χ3n) is 3.38. The summed E-state index contributed by atoms with van der Waals surface area (Å²) in [4.78, 5) is 11.9. The summed E-state index contributed by atoms with van der Waals surface area (Å²) < 4.78 is 24.2. The molecule has 1 aliphatic carbocycles. The van der Waals surface area contributed by atoms with E-state index in [9.17, 15) is 13.2 Å². The highest BCUT2D eigenvalue weighted by Crippen LogP contribution is 2.23. The van der Waals surface area contributed by atoms with Crippen LogP contribution >= 0.6 is 0 Å². The Hall–Kier alpha value is -0.620. The molecule has 1 unspecified atom stereocenters. The number of hydrogen-bond acceptors (Lipinski definition) is 3. The summed E-state index contributed by atoms with van der Waals surface area (Å²) in [7, 11) is -3.25. The predicted octanol–water partition coefficient (Wildman–Crippen LogP) is 0.0791. The molecular formula is C10H18N2O3S. The van der Waals surface area contributed by atoms with Gasteiger partial charge in [0.2, 0.25) is 15.9 Å². The van der Waals surface area contributed by atoms with Crippen molar-refractivity contribution in [3.05, 3.63) is 0 Å². The molecule has 1 N–H and O–H groups in total. The molecule has 5 nitrogen and oxygen atoms in total. The van der Waals surface area contributed by atoms with Crippen molar-refractivity contribution in [3.63, 3.8) is 0 Å². The molecule has 16 heavy (non-hydrogen) atoms. The fourth-order valence-electron chi connectivity index (χ4n) is 2.25. The first-order valence-electron chi connectivity index (χ1n) is 5.75. The minimum absolute atomic E-state index is 0.118. The van der Waals surface area contributed by atoms with Crippen LogP contribution in [0.25, 0.3) is 0 Å². The Kier molecular flexibility index (Phi) is 3.21. The molecule has 0 spiro atoms. The van der Waals surface area contributed by atoms with Crippen LogP contribution in [-0.4, -0.2) is 43.5 Å². The predicted molar refractivity (Wildman–Crippen MR) is 60.4 cm³/mol. The summed E-state index contributed by atoms with van der Waals surface area (Å²) in [6.45, 7) is 0.474. The van der Waals surface area contributed by atoms with Crippen molar-refractivity contribution < 1.29 is 13.2 Å². The molecular weight excluding hydrogens is 228 g/mol. The van der Waals surface area contributed by atoms with Crippen LogP contribution in [0.1, 0.15) is 32.1 Å². The van der Waals surface area contributed by atoms with Gasteiger partial charge in [-0.15, -0.1) is 0 Å². The van der Waals surface area contributed by atoms with Gasteiger partial charge in [-0.25, -0.2) is 8.42 Å². The third-order valence-corrected chi connectivity index (χ3v) is 4.67. The molecule has 1 amide bonds. The van der Waals surface area contributed by atoms with Gasteiger partial charge < -0.3 is 5.32 Å². The van der Waals surface area contributed by atoms with Crippen molar-refractivity contribution in [3.8, 4) is 0 Å². The summed E-state index contributed by atoms with van der Waals surface area (Å²) in [5, 5.41) is 2.92. The SMILES string of the molecule is CS(=O)(=O)N1CCCC1C(=O)NC1CCC1. The van der Waals surface area contributed by atoms with Crippen LogP contribution < -0.4 is 5.32 Å². The standard InChI is InChI=1S/C10H18N2O3S/c1-16(14,15)12-7-3-6-9(12)10(13)11-8-4-2-5-8/h8-9H,2-7H2,1H3,(H,11,13). The second-order valence-corrected chi connectivity index (χ2v) is 6.60. The van der Waals surface area contributed by atoms with Gasteiger partial charge >= 0.3 is 0 Å². The second kappa shape index (κ2) is 4.33. The van der Waals surface area contributed by atoms with E-state index in [1.807, 2.05) is 0 Å². The minimum atomic E-state index is -3.25. The largest absolute Gasteiger partial charge is 0.352 e. The van der Waals surface area contributed by atoms with Gasteiger partial charge in [0.25, 0.3) is 0 Å². The lowest BCUT2D eigenvalue weighted by molar-refractivity contribution is -0.125. The number of sulfonamides is 1.